The summed E-state index contributed by atoms with van der Waals surface area (Å²) in [6.07, 6.45) is 0.880. The molecule has 2 heterocycles. The number of rotatable bonds is 4. The largest absolute Gasteiger partial charge is 0.388 e. The van der Waals surface area contributed by atoms with E-state index in [-0.39, 0.29) is 11.8 Å². The number of carbonyl (C=O) groups excluding carboxylic acids is 1. The van der Waals surface area contributed by atoms with Crippen LogP contribution in [0.25, 0.3) is 0 Å². The zero-order valence-corrected chi connectivity index (χ0v) is 12.1. The average Bonchev–Trinajstić information content (AvgIpc) is 3.04. The molecule has 0 saturated carbocycles. The predicted octanol–water partition coefficient (Wildman–Crippen LogP) is 3.47. The Labute approximate surface area is 122 Å². The zero-order chi connectivity index (χ0) is 14.1. The fraction of sp³-hybridized carbons (Fsp3) is 0.312. The van der Waals surface area contributed by atoms with Crippen molar-refractivity contribution in [1.82, 2.24) is 0 Å². The maximum absolute atomic E-state index is 11.8. The Balaban J connectivity index is 1.85. The summed E-state index contributed by atoms with van der Waals surface area (Å²) in [5, 5.41) is 15.3. The van der Waals surface area contributed by atoms with Crippen molar-refractivity contribution in [2.75, 3.05) is 5.32 Å². The first kappa shape index (κ1) is 13.3. The van der Waals surface area contributed by atoms with Gasteiger partial charge in [0.25, 0.3) is 0 Å². The van der Waals surface area contributed by atoms with E-state index >= 15 is 0 Å². The van der Waals surface area contributed by atoms with Crippen molar-refractivity contribution in [2.24, 2.45) is 0 Å². The topological polar surface area (TPSA) is 49.3 Å². The minimum atomic E-state index is -0.521. The van der Waals surface area contributed by atoms with Gasteiger partial charge in [0.15, 0.2) is 0 Å². The first-order valence-corrected chi connectivity index (χ1v) is 7.72. The van der Waals surface area contributed by atoms with Crippen molar-refractivity contribution in [3.63, 3.8) is 0 Å². The van der Waals surface area contributed by atoms with Gasteiger partial charge in [-0.2, -0.15) is 0 Å². The first-order chi connectivity index (χ1) is 9.69. The Morgan fingerprint density at radius 2 is 2.25 bits per heavy atom. The highest BCUT2D eigenvalue weighted by atomic mass is 32.1. The fourth-order valence-corrected chi connectivity index (χ4v) is 3.44. The molecule has 4 heteroatoms. The quantitative estimate of drug-likeness (QED) is 0.904. The third-order valence-corrected chi connectivity index (χ3v) is 4.69. The predicted molar refractivity (Wildman–Crippen MR) is 81.1 cm³/mol. The highest BCUT2D eigenvalue weighted by Crippen LogP contribution is 2.36. The van der Waals surface area contributed by atoms with Crippen LogP contribution in [0.5, 0.6) is 0 Å². The fourth-order valence-electron chi connectivity index (χ4n) is 2.69. The van der Waals surface area contributed by atoms with Crippen molar-refractivity contribution in [3.8, 4) is 0 Å². The van der Waals surface area contributed by atoms with Crippen LogP contribution in [0.3, 0.4) is 0 Å². The molecule has 0 radical (unpaired) electrons. The third-order valence-electron chi connectivity index (χ3n) is 3.79. The molecule has 1 aliphatic heterocycles. The van der Waals surface area contributed by atoms with Crippen LogP contribution < -0.4 is 5.32 Å². The molecule has 3 rings (SSSR count). The lowest BCUT2D eigenvalue weighted by Gasteiger charge is -2.12. The van der Waals surface area contributed by atoms with E-state index in [1.54, 1.807) is 11.3 Å². The number of nitrogens with one attached hydrogen (secondary N) is 1. The number of aliphatic hydroxyl groups is 1. The number of hydrogen-bond acceptors (Lipinski definition) is 3. The van der Waals surface area contributed by atoms with Crippen LogP contribution in [0.4, 0.5) is 5.69 Å². The van der Waals surface area contributed by atoms with Crippen molar-refractivity contribution < 1.29 is 9.90 Å². The second-order valence-corrected chi connectivity index (χ2v) is 6.13. The molecule has 104 valence electrons. The lowest BCUT2D eigenvalue weighted by Crippen LogP contribution is -2.10. The van der Waals surface area contributed by atoms with Gasteiger partial charge in [0, 0.05) is 17.0 Å². The zero-order valence-electron chi connectivity index (χ0n) is 11.3. The van der Waals surface area contributed by atoms with Crippen molar-refractivity contribution in [1.29, 1.82) is 0 Å². The summed E-state index contributed by atoms with van der Waals surface area (Å²) in [4.78, 5) is 13.0. The van der Waals surface area contributed by atoms with Crippen LogP contribution in [0.2, 0.25) is 0 Å². The number of thiophene rings is 1. The normalized spacial score (nSPS) is 18.7. The molecule has 1 aliphatic rings. The Kier molecular flexibility index (Phi) is 3.59. The molecular formula is C16H17NO2S. The minimum Gasteiger partial charge on any atom is -0.388 e. The van der Waals surface area contributed by atoms with Crippen LogP contribution in [0.15, 0.2) is 35.7 Å². The van der Waals surface area contributed by atoms with Crippen LogP contribution in [0.1, 0.15) is 41.4 Å². The van der Waals surface area contributed by atoms with E-state index in [2.05, 4.69) is 5.32 Å². The minimum absolute atomic E-state index is 0.0624. The molecular weight excluding hydrogens is 270 g/mol. The number of anilines is 1. The summed E-state index contributed by atoms with van der Waals surface area (Å²) >= 11 is 1.65. The molecule has 0 spiro atoms. The molecule has 1 aromatic carbocycles. The molecule has 2 aromatic rings. The van der Waals surface area contributed by atoms with Gasteiger partial charge < -0.3 is 10.4 Å². The molecule has 2 atom stereocenters. The molecule has 1 aromatic heterocycles. The van der Waals surface area contributed by atoms with E-state index < -0.39 is 6.10 Å². The van der Waals surface area contributed by atoms with Crippen molar-refractivity contribution >= 4 is 22.9 Å². The van der Waals surface area contributed by atoms with Gasteiger partial charge in [-0.3, -0.25) is 4.79 Å². The summed E-state index contributed by atoms with van der Waals surface area (Å²) < 4.78 is 0. The van der Waals surface area contributed by atoms with Crippen LogP contribution >= 0.6 is 11.3 Å². The van der Waals surface area contributed by atoms with Gasteiger partial charge in [0.2, 0.25) is 5.91 Å². The van der Waals surface area contributed by atoms with Gasteiger partial charge in [0.1, 0.15) is 0 Å². The van der Waals surface area contributed by atoms with E-state index in [0.29, 0.717) is 6.42 Å². The summed E-state index contributed by atoms with van der Waals surface area (Å²) in [7, 11) is 0. The first-order valence-electron chi connectivity index (χ1n) is 6.84. The molecule has 0 fully saturated rings. The number of amides is 1. The number of benzene rings is 1. The van der Waals surface area contributed by atoms with Gasteiger partial charge in [-0.1, -0.05) is 25.1 Å². The number of hydrogen-bond donors (Lipinski definition) is 2. The second-order valence-electron chi connectivity index (χ2n) is 5.10. The summed E-state index contributed by atoms with van der Waals surface area (Å²) in [6, 6.07) is 9.79. The Hall–Kier alpha value is -1.65. The Bertz CT molecular complexity index is 621. The molecule has 20 heavy (non-hydrogen) atoms. The molecule has 0 bridgehead atoms. The third kappa shape index (κ3) is 2.37. The lowest BCUT2D eigenvalue weighted by atomic mass is 9.94. The molecule has 0 saturated heterocycles. The van der Waals surface area contributed by atoms with Gasteiger partial charge in [-0.25, -0.2) is 0 Å². The second kappa shape index (κ2) is 5.38. The number of fused-ring (bicyclic) bond motifs is 1. The summed E-state index contributed by atoms with van der Waals surface area (Å²) in [5.74, 6) is -0.0220. The maximum Gasteiger partial charge on any atom is 0.231 e. The van der Waals surface area contributed by atoms with Crippen molar-refractivity contribution in [2.45, 2.75) is 31.8 Å². The molecule has 3 nitrogen and oxygen atoms in total. The van der Waals surface area contributed by atoms with Crippen LogP contribution in [0, 0.1) is 0 Å². The molecule has 2 unspecified atom stereocenters. The maximum atomic E-state index is 11.8. The summed E-state index contributed by atoms with van der Waals surface area (Å²) in [6.45, 7) is 2.01. The van der Waals surface area contributed by atoms with Gasteiger partial charge in [-0.05, 0) is 35.1 Å². The van der Waals surface area contributed by atoms with Crippen LogP contribution in [-0.4, -0.2) is 11.0 Å². The SMILES string of the molecule is CCC1C(=O)Nc2ccc(C(O)Cc3cccs3)cc21. The van der Waals surface area contributed by atoms with E-state index in [0.717, 1.165) is 23.2 Å². The Morgan fingerprint density at radius 1 is 1.40 bits per heavy atom. The lowest BCUT2D eigenvalue weighted by molar-refractivity contribution is -0.117. The monoisotopic (exact) mass is 287 g/mol. The standard InChI is InChI=1S/C16H17NO2S/c1-2-12-13-8-10(5-6-14(13)17-16(12)19)15(18)9-11-4-3-7-20-11/h3-8,12,15,18H,2,9H2,1H3,(H,17,19). The van der Waals surface area contributed by atoms with Gasteiger partial charge in [0.05, 0.1) is 12.0 Å². The van der Waals surface area contributed by atoms with E-state index in [9.17, 15) is 9.90 Å². The highest BCUT2D eigenvalue weighted by Gasteiger charge is 2.29. The van der Waals surface area contributed by atoms with Gasteiger partial charge in [-0.15, -0.1) is 11.3 Å². The van der Waals surface area contributed by atoms with E-state index in [1.165, 1.54) is 4.88 Å². The van der Waals surface area contributed by atoms with Crippen LogP contribution in [-0.2, 0) is 11.2 Å². The van der Waals surface area contributed by atoms with E-state index in [1.807, 2.05) is 42.6 Å². The summed E-state index contributed by atoms with van der Waals surface area (Å²) in [5.41, 5.74) is 2.78. The van der Waals surface area contributed by atoms with Gasteiger partial charge >= 0.3 is 0 Å². The van der Waals surface area contributed by atoms with Crippen molar-refractivity contribution in [3.05, 3.63) is 51.7 Å². The molecule has 2 N–H and O–H groups in total. The average molecular weight is 287 g/mol. The Morgan fingerprint density at radius 3 is 2.95 bits per heavy atom. The van der Waals surface area contributed by atoms with E-state index in [4.69, 9.17) is 0 Å². The number of carbonyl (C=O) groups is 1. The number of aliphatic hydroxyl groups excluding tert-OH is 1. The molecule has 0 aliphatic carbocycles. The molecule has 1 amide bonds. The highest BCUT2D eigenvalue weighted by molar-refractivity contribution is 7.09. The smallest absolute Gasteiger partial charge is 0.231 e.